The number of hydrogen-bond donors (Lipinski definition) is 4. The maximum absolute atomic E-state index is 12.0. The molecule has 0 aromatic carbocycles. The highest BCUT2D eigenvalue weighted by Gasteiger charge is 2.27. The van der Waals surface area contributed by atoms with Crippen molar-refractivity contribution in [3.05, 3.63) is 12.4 Å². The normalized spacial score (nSPS) is 13.3. The van der Waals surface area contributed by atoms with Crippen LogP contribution in [0.25, 0.3) is 0 Å². The summed E-state index contributed by atoms with van der Waals surface area (Å²) in [4.78, 5) is 18.4. The quantitative estimate of drug-likeness (QED) is 0.369. The summed E-state index contributed by atoms with van der Waals surface area (Å²) >= 11 is 0. The SMILES string of the molecule is CC(C)C(NS(=O)(=O)c1cnc(NN)nc1)C(N)=O. The maximum atomic E-state index is 12.0. The molecule has 19 heavy (non-hydrogen) atoms. The zero-order chi connectivity index (χ0) is 14.6. The second kappa shape index (κ2) is 5.91. The number of nitrogens with one attached hydrogen (secondary N) is 2. The summed E-state index contributed by atoms with van der Waals surface area (Å²) < 4.78 is 26.2. The molecule has 1 atom stereocenters. The van der Waals surface area contributed by atoms with Gasteiger partial charge in [0.2, 0.25) is 21.9 Å². The summed E-state index contributed by atoms with van der Waals surface area (Å²) in [7, 11) is -3.92. The fourth-order valence-electron chi connectivity index (χ4n) is 1.29. The number of nitrogens with zero attached hydrogens (tertiary/aromatic N) is 2. The number of hydrogen-bond acceptors (Lipinski definition) is 7. The van der Waals surface area contributed by atoms with Gasteiger partial charge in [-0.1, -0.05) is 13.8 Å². The maximum Gasteiger partial charge on any atom is 0.244 e. The van der Waals surface area contributed by atoms with Gasteiger partial charge in [-0.05, 0) is 5.92 Å². The first-order valence-electron chi connectivity index (χ1n) is 5.38. The lowest BCUT2D eigenvalue weighted by atomic mass is 10.1. The molecule has 1 aromatic heterocycles. The van der Waals surface area contributed by atoms with Gasteiger partial charge in [0.1, 0.15) is 10.9 Å². The van der Waals surface area contributed by atoms with E-state index in [4.69, 9.17) is 11.6 Å². The molecule has 10 heteroatoms. The van der Waals surface area contributed by atoms with Gasteiger partial charge in [-0.15, -0.1) is 0 Å². The monoisotopic (exact) mass is 288 g/mol. The van der Waals surface area contributed by atoms with Gasteiger partial charge >= 0.3 is 0 Å². The first-order chi connectivity index (χ1) is 8.77. The molecule has 9 nitrogen and oxygen atoms in total. The lowest BCUT2D eigenvalue weighted by molar-refractivity contribution is -0.120. The van der Waals surface area contributed by atoms with Crippen LogP contribution < -0.4 is 21.7 Å². The van der Waals surface area contributed by atoms with Crippen LogP contribution in [-0.2, 0) is 14.8 Å². The number of sulfonamides is 1. The Kier molecular flexibility index (Phi) is 4.75. The van der Waals surface area contributed by atoms with Crippen LogP contribution in [0.2, 0.25) is 0 Å². The minimum atomic E-state index is -3.92. The Morgan fingerprint density at radius 2 is 1.84 bits per heavy atom. The third kappa shape index (κ3) is 3.84. The molecule has 0 bridgehead atoms. The molecule has 1 amide bonds. The van der Waals surface area contributed by atoms with E-state index in [2.05, 4.69) is 20.1 Å². The van der Waals surface area contributed by atoms with Gasteiger partial charge < -0.3 is 5.73 Å². The molecule has 0 radical (unpaired) electrons. The molecule has 6 N–H and O–H groups in total. The number of anilines is 1. The Morgan fingerprint density at radius 3 is 2.21 bits per heavy atom. The number of nitrogens with two attached hydrogens (primary N) is 2. The van der Waals surface area contributed by atoms with Crippen molar-refractivity contribution in [2.45, 2.75) is 24.8 Å². The van der Waals surface area contributed by atoms with E-state index in [1.807, 2.05) is 0 Å². The molecule has 106 valence electrons. The number of aromatic nitrogens is 2. The molecule has 0 fully saturated rings. The molecule has 1 aromatic rings. The van der Waals surface area contributed by atoms with Gasteiger partial charge in [-0.2, -0.15) is 4.72 Å². The van der Waals surface area contributed by atoms with Gasteiger partial charge in [0.25, 0.3) is 0 Å². The fraction of sp³-hybridized carbons (Fsp3) is 0.444. The van der Waals surface area contributed by atoms with Crippen LogP contribution >= 0.6 is 0 Å². The molecule has 1 rings (SSSR count). The molecular weight excluding hydrogens is 272 g/mol. The van der Waals surface area contributed by atoms with Gasteiger partial charge in [0.15, 0.2) is 0 Å². The van der Waals surface area contributed by atoms with E-state index in [-0.39, 0.29) is 16.8 Å². The molecule has 1 unspecified atom stereocenters. The standard InChI is InChI=1S/C9H16N6O3S/c1-5(2)7(8(10)16)15-19(17,18)6-3-12-9(14-11)13-4-6/h3-5,7,15H,11H2,1-2H3,(H2,10,16)(H,12,13,14). The number of carbonyl (C=O) groups is 1. The van der Waals surface area contributed by atoms with E-state index < -0.39 is 22.0 Å². The topological polar surface area (TPSA) is 153 Å². The third-order valence-corrected chi connectivity index (χ3v) is 3.72. The summed E-state index contributed by atoms with van der Waals surface area (Å²) in [6.07, 6.45) is 2.14. The van der Waals surface area contributed by atoms with Crippen molar-refractivity contribution in [3.8, 4) is 0 Å². The van der Waals surface area contributed by atoms with Gasteiger partial charge in [-0.3, -0.25) is 10.2 Å². The van der Waals surface area contributed by atoms with Crippen LogP contribution in [0.15, 0.2) is 17.3 Å². The van der Waals surface area contributed by atoms with Crippen LogP contribution in [-0.4, -0.2) is 30.3 Å². The largest absolute Gasteiger partial charge is 0.368 e. The van der Waals surface area contributed by atoms with Crippen molar-refractivity contribution in [1.82, 2.24) is 14.7 Å². The molecule has 0 saturated heterocycles. The van der Waals surface area contributed by atoms with Crippen LogP contribution in [0.5, 0.6) is 0 Å². The number of amides is 1. The molecule has 1 heterocycles. The van der Waals surface area contributed by atoms with Gasteiger partial charge in [0, 0.05) is 0 Å². The molecule has 0 saturated carbocycles. The van der Waals surface area contributed by atoms with E-state index >= 15 is 0 Å². The predicted octanol–water partition coefficient (Wildman–Crippen LogP) is -1.45. The second-order valence-electron chi connectivity index (χ2n) is 4.13. The highest BCUT2D eigenvalue weighted by atomic mass is 32.2. The Labute approximate surface area is 110 Å². The minimum Gasteiger partial charge on any atom is -0.368 e. The molecule has 0 spiro atoms. The summed E-state index contributed by atoms with van der Waals surface area (Å²) in [5.41, 5.74) is 7.32. The number of rotatable bonds is 6. The zero-order valence-electron chi connectivity index (χ0n) is 10.5. The molecular formula is C9H16N6O3S. The average Bonchev–Trinajstić information content (AvgIpc) is 2.35. The second-order valence-corrected chi connectivity index (χ2v) is 5.85. The fourth-order valence-corrected chi connectivity index (χ4v) is 2.53. The smallest absolute Gasteiger partial charge is 0.244 e. The Morgan fingerprint density at radius 1 is 1.32 bits per heavy atom. The average molecular weight is 288 g/mol. The number of hydrazine groups is 1. The highest BCUT2D eigenvalue weighted by molar-refractivity contribution is 7.89. The summed E-state index contributed by atoms with van der Waals surface area (Å²) in [5, 5.41) is 0. The van der Waals surface area contributed by atoms with Crippen LogP contribution in [0.4, 0.5) is 5.95 Å². The van der Waals surface area contributed by atoms with Crippen molar-refractivity contribution >= 4 is 21.9 Å². The van der Waals surface area contributed by atoms with Crippen molar-refractivity contribution in [1.29, 1.82) is 0 Å². The third-order valence-electron chi connectivity index (χ3n) is 2.32. The van der Waals surface area contributed by atoms with Crippen molar-refractivity contribution in [3.63, 3.8) is 0 Å². The Hall–Kier alpha value is -1.78. The van der Waals surface area contributed by atoms with Gasteiger partial charge in [-0.25, -0.2) is 24.2 Å². The minimum absolute atomic E-state index is 0.0780. The highest BCUT2D eigenvalue weighted by Crippen LogP contribution is 2.10. The van der Waals surface area contributed by atoms with E-state index in [0.717, 1.165) is 12.4 Å². The number of nitrogen functional groups attached to an aromatic ring is 1. The van der Waals surface area contributed by atoms with Crippen molar-refractivity contribution in [2.75, 3.05) is 5.43 Å². The predicted molar refractivity (Wildman–Crippen MR) is 68.0 cm³/mol. The first-order valence-corrected chi connectivity index (χ1v) is 6.86. The lowest BCUT2D eigenvalue weighted by Gasteiger charge is -2.18. The summed E-state index contributed by atoms with van der Waals surface area (Å²) in [6.45, 7) is 3.35. The summed E-state index contributed by atoms with van der Waals surface area (Å²) in [5.74, 6) is 4.12. The van der Waals surface area contributed by atoms with Gasteiger partial charge in [0.05, 0.1) is 12.4 Å². The van der Waals surface area contributed by atoms with Crippen LogP contribution in [0.1, 0.15) is 13.8 Å². The number of carbonyl (C=O) groups excluding carboxylic acids is 1. The van der Waals surface area contributed by atoms with Crippen molar-refractivity contribution < 1.29 is 13.2 Å². The van der Waals surface area contributed by atoms with E-state index in [1.54, 1.807) is 13.8 Å². The van der Waals surface area contributed by atoms with E-state index in [0.29, 0.717) is 0 Å². The Balaban J connectivity index is 2.99. The molecule has 0 aliphatic carbocycles. The zero-order valence-corrected chi connectivity index (χ0v) is 11.3. The van der Waals surface area contributed by atoms with E-state index in [9.17, 15) is 13.2 Å². The molecule has 0 aliphatic rings. The summed E-state index contributed by atoms with van der Waals surface area (Å²) in [6, 6.07) is -1.00. The lowest BCUT2D eigenvalue weighted by Crippen LogP contribution is -2.47. The number of primary amides is 1. The first kappa shape index (κ1) is 15.3. The van der Waals surface area contributed by atoms with Crippen LogP contribution in [0, 0.1) is 5.92 Å². The van der Waals surface area contributed by atoms with E-state index in [1.165, 1.54) is 0 Å². The van der Waals surface area contributed by atoms with Crippen molar-refractivity contribution in [2.24, 2.45) is 17.5 Å². The Bertz CT molecular complexity index is 542. The molecule has 0 aliphatic heterocycles. The van der Waals surface area contributed by atoms with Crippen LogP contribution in [0.3, 0.4) is 0 Å².